The number of hydrogen-bond donors (Lipinski definition) is 1. The summed E-state index contributed by atoms with van der Waals surface area (Å²) in [6.07, 6.45) is 7.26. The van der Waals surface area contributed by atoms with Crippen molar-refractivity contribution >= 4 is 5.82 Å². The molecule has 1 aliphatic heterocycles. The predicted molar refractivity (Wildman–Crippen MR) is 89.9 cm³/mol. The molecule has 1 saturated heterocycles. The highest BCUT2D eigenvalue weighted by Crippen LogP contribution is 2.11. The van der Waals surface area contributed by atoms with Gasteiger partial charge in [0.15, 0.2) is 0 Å². The van der Waals surface area contributed by atoms with Crippen LogP contribution in [0.15, 0.2) is 24.4 Å². The van der Waals surface area contributed by atoms with E-state index in [4.69, 9.17) is 0 Å². The number of pyridine rings is 1. The van der Waals surface area contributed by atoms with E-state index in [0.717, 1.165) is 38.5 Å². The van der Waals surface area contributed by atoms with E-state index in [1.165, 1.54) is 38.8 Å². The van der Waals surface area contributed by atoms with Crippen molar-refractivity contribution in [2.24, 2.45) is 0 Å². The van der Waals surface area contributed by atoms with Crippen molar-refractivity contribution in [2.75, 3.05) is 50.7 Å². The first-order valence-electron chi connectivity index (χ1n) is 8.49. The number of aromatic nitrogens is 1. The highest BCUT2D eigenvalue weighted by atomic mass is 15.3. The van der Waals surface area contributed by atoms with E-state index < -0.39 is 0 Å². The lowest BCUT2D eigenvalue weighted by Crippen LogP contribution is -2.48. The lowest BCUT2D eigenvalue weighted by molar-refractivity contribution is 0.257. The van der Waals surface area contributed by atoms with Gasteiger partial charge in [-0.05, 0) is 25.1 Å². The molecule has 4 nitrogen and oxygen atoms in total. The lowest BCUT2D eigenvalue weighted by atomic mass is 10.2. The molecule has 2 heterocycles. The fraction of sp³-hybridized carbons (Fsp3) is 0.706. The number of anilines is 1. The van der Waals surface area contributed by atoms with Crippen LogP contribution in [0.1, 0.15) is 32.6 Å². The molecule has 0 saturated carbocycles. The SMILES string of the molecule is CCCCCCNCCN1CCN(c2ccccn2)CC1. The average molecular weight is 290 g/mol. The number of rotatable bonds is 9. The molecule has 1 N–H and O–H groups in total. The minimum absolute atomic E-state index is 1.09. The first-order chi connectivity index (χ1) is 10.4. The Bertz CT molecular complexity index is 360. The Morgan fingerprint density at radius 1 is 1.05 bits per heavy atom. The smallest absolute Gasteiger partial charge is 0.128 e. The number of nitrogens with zero attached hydrogens (tertiary/aromatic N) is 3. The molecule has 1 aromatic rings. The van der Waals surface area contributed by atoms with E-state index in [9.17, 15) is 0 Å². The van der Waals surface area contributed by atoms with Gasteiger partial charge in [-0.1, -0.05) is 32.3 Å². The van der Waals surface area contributed by atoms with Gasteiger partial charge in [0.25, 0.3) is 0 Å². The number of nitrogens with one attached hydrogen (secondary N) is 1. The zero-order valence-corrected chi connectivity index (χ0v) is 13.4. The molecule has 0 aliphatic carbocycles. The monoisotopic (exact) mass is 290 g/mol. The summed E-state index contributed by atoms with van der Waals surface area (Å²) in [7, 11) is 0. The molecular formula is C17H30N4. The summed E-state index contributed by atoms with van der Waals surface area (Å²) in [6, 6.07) is 6.15. The average Bonchev–Trinajstić information content (AvgIpc) is 2.55. The molecule has 0 radical (unpaired) electrons. The summed E-state index contributed by atoms with van der Waals surface area (Å²) in [5.74, 6) is 1.12. The van der Waals surface area contributed by atoms with Crippen LogP contribution in [-0.4, -0.2) is 55.7 Å². The topological polar surface area (TPSA) is 31.4 Å². The van der Waals surface area contributed by atoms with Crippen molar-refractivity contribution in [3.05, 3.63) is 24.4 Å². The molecule has 1 aromatic heterocycles. The minimum Gasteiger partial charge on any atom is -0.354 e. The van der Waals surface area contributed by atoms with Crippen LogP contribution in [0.25, 0.3) is 0 Å². The molecule has 0 spiro atoms. The third-order valence-electron chi connectivity index (χ3n) is 4.16. The summed E-state index contributed by atoms with van der Waals surface area (Å²) < 4.78 is 0. The third-order valence-corrected chi connectivity index (χ3v) is 4.16. The Hall–Kier alpha value is -1.13. The Kier molecular flexibility index (Phi) is 7.54. The van der Waals surface area contributed by atoms with Gasteiger partial charge in [-0.2, -0.15) is 0 Å². The van der Waals surface area contributed by atoms with Crippen LogP contribution in [0.5, 0.6) is 0 Å². The number of piperazine rings is 1. The molecule has 0 atom stereocenters. The molecule has 21 heavy (non-hydrogen) atoms. The Balaban J connectivity index is 1.53. The van der Waals surface area contributed by atoms with Crippen molar-refractivity contribution < 1.29 is 0 Å². The highest BCUT2D eigenvalue weighted by molar-refractivity contribution is 5.38. The van der Waals surface area contributed by atoms with E-state index in [1.807, 2.05) is 12.3 Å². The largest absolute Gasteiger partial charge is 0.354 e. The summed E-state index contributed by atoms with van der Waals surface area (Å²) in [6.45, 7) is 10.2. The first kappa shape index (κ1) is 16.2. The molecule has 0 aromatic carbocycles. The van der Waals surface area contributed by atoms with Crippen molar-refractivity contribution in [1.82, 2.24) is 15.2 Å². The van der Waals surface area contributed by atoms with E-state index in [2.05, 4.69) is 39.2 Å². The van der Waals surface area contributed by atoms with Gasteiger partial charge in [0.05, 0.1) is 0 Å². The van der Waals surface area contributed by atoms with Gasteiger partial charge in [-0.3, -0.25) is 4.90 Å². The predicted octanol–water partition coefficient (Wildman–Crippen LogP) is 2.37. The van der Waals surface area contributed by atoms with Gasteiger partial charge in [0, 0.05) is 45.5 Å². The van der Waals surface area contributed by atoms with Crippen molar-refractivity contribution in [1.29, 1.82) is 0 Å². The van der Waals surface area contributed by atoms with Gasteiger partial charge >= 0.3 is 0 Å². The molecule has 0 unspecified atom stereocenters. The first-order valence-corrected chi connectivity index (χ1v) is 8.49. The molecule has 2 rings (SSSR count). The van der Waals surface area contributed by atoms with Crippen LogP contribution < -0.4 is 10.2 Å². The lowest BCUT2D eigenvalue weighted by Gasteiger charge is -2.35. The van der Waals surface area contributed by atoms with Crippen LogP contribution in [0.4, 0.5) is 5.82 Å². The molecular weight excluding hydrogens is 260 g/mol. The molecule has 118 valence electrons. The Morgan fingerprint density at radius 3 is 2.62 bits per heavy atom. The van der Waals surface area contributed by atoms with Crippen LogP contribution in [0, 0.1) is 0 Å². The van der Waals surface area contributed by atoms with Gasteiger partial charge in [0.2, 0.25) is 0 Å². The van der Waals surface area contributed by atoms with Crippen LogP contribution >= 0.6 is 0 Å². The molecule has 1 aliphatic rings. The molecule has 1 fully saturated rings. The summed E-state index contributed by atoms with van der Waals surface area (Å²) in [5.41, 5.74) is 0. The number of hydrogen-bond acceptors (Lipinski definition) is 4. The normalized spacial score (nSPS) is 16.3. The third kappa shape index (κ3) is 6.02. The van der Waals surface area contributed by atoms with Crippen molar-refractivity contribution in [2.45, 2.75) is 32.6 Å². The van der Waals surface area contributed by atoms with Gasteiger partial charge in [-0.25, -0.2) is 4.98 Å². The fourth-order valence-corrected chi connectivity index (χ4v) is 2.78. The quantitative estimate of drug-likeness (QED) is 0.708. The zero-order chi connectivity index (χ0) is 14.8. The van der Waals surface area contributed by atoms with Crippen LogP contribution in [0.3, 0.4) is 0 Å². The summed E-state index contributed by atoms with van der Waals surface area (Å²) >= 11 is 0. The number of unbranched alkanes of at least 4 members (excludes halogenated alkanes) is 3. The second-order valence-electron chi connectivity index (χ2n) is 5.83. The van der Waals surface area contributed by atoms with Gasteiger partial charge in [0.1, 0.15) is 5.82 Å². The fourth-order valence-electron chi connectivity index (χ4n) is 2.78. The second kappa shape index (κ2) is 9.74. The maximum absolute atomic E-state index is 4.43. The molecule has 4 heteroatoms. The molecule has 0 bridgehead atoms. The Morgan fingerprint density at radius 2 is 1.90 bits per heavy atom. The van der Waals surface area contributed by atoms with Crippen LogP contribution in [0.2, 0.25) is 0 Å². The van der Waals surface area contributed by atoms with Crippen LogP contribution in [-0.2, 0) is 0 Å². The highest BCUT2D eigenvalue weighted by Gasteiger charge is 2.16. The van der Waals surface area contributed by atoms with E-state index >= 15 is 0 Å². The minimum atomic E-state index is 1.09. The zero-order valence-electron chi connectivity index (χ0n) is 13.4. The summed E-state index contributed by atoms with van der Waals surface area (Å²) in [4.78, 5) is 9.37. The second-order valence-corrected chi connectivity index (χ2v) is 5.83. The van der Waals surface area contributed by atoms with Crippen molar-refractivity contribution in [3.8, 4) is 0 Å². The van der Waals surface area contributed by atoms with E-state index in [1.54, 1.807) is 0 Å². The van der Waals surface area contributed by atoms with Crippen molar-refractivity contribution in [3.63, 3.8) is 0 Å². The standard InChI is InChI=1S/C17H30N4/c1-2-3-4-6-9-18-11-12-20-13-15-21(16-14-20)17-8-5-7-10-19-17/h5,7-8,10,18H,2-4,6,9,11-16H2,1H3. The van der Waals surface area contributed by atoms with E-state index in [0.29, 0.717) is 0 Å². The van der Waals surface area contributed by atoms with E-state index in [-0.39, 0.29) is 0 Å². The van der Waals surface area contributed by atoms with Gasteiger partial charge in [-0.15, -0.1) is 0 Å². The maximum atomic E-state index is 4.43. The molecule has 0 amide bonds. The summed E-state index contributed by atoms with van der Waals surface area (Å²) in [5, 5.41) is 3.57. The Labute approximate surface area is 129 Å². The maximum Gasteiger partial charge on any atom is 0.128 e. The van der Waals surface area contributed by atoms with Gasteiger partial charge < -0.3 is 10.2 Å².